The lowest BCUT2D eigenvalue weighted by atomic mass is 10.0. The number of nitrogens with one attached hydrogen (secondary N) is 1. The molecule has 1 aliphatic rings. The summed E-state index contributed by atoms with van der Waals surface area (Å²) in [6, 6.07) is 5.51. The Morgan fingerprint density at radius 1 is 1.20 bits per heavy atom. The van der Waals surface area contributed by atoms with E-state index in [1.807, 2.05) is 32.2 Å². The molecule has 1 saturated heterocycles. The molecule has 2 aromatic heterocycles. The van der Waals surface area contributed by atoms with Gasteiger partial charge in [-0.05, 0) is 31.5 Å². The number of aromatic nitrogens is 4. The van der Waals surface area contributed by atoms with Crippen LogP contribution in [0.4, 0.5) is 0 Å². The summed E-state index contributed by atoms with van der Waals surface area (Å²) in [5.74, 6) is 1.28. The van der Waals surface area contributed by atoms with Gasteiger partial charge in [-0.25, -0.2) is 4.98 Å². The number of aromatic amines is 1. The first-order valence-corrected chi connectivity index (χ1v) is 12.7. The van der Waals surface area contributed by atoms with Gasteiger partial charge in [-0.3, -0.25) is 19.3 Å². The number of carbonyl (C=O) groups is 1. The number of benzene rings is 1. The summed E-state index contributed by atoms with van der Waals surface area (Å²) in [5.41, 5.74) is 3.83. The highest BCUT2D eigenvalue weighted by atomic mass is 32.1. The third-order valence-electron chi connectivity index (χ3n) is 6.35. The van der Waals surface area contributed by atoms with Crippen LogP contribution in [0, 0.1) is 4.64 Å². The van der Waals surface area contributed by atoms with E-state index in [9.17, 15) is 4.79 Å². The van der Waals surface area contributed by atoms with Crippen LogP contribution in [0.5, 0.6) is 5.75 Å². The Bertz CT molecular complexity index is 1250. The SMILES string of the molecule is CCCc1nn(C)c2c(=S)[nH]c(-c3cc(C(=O)CN4CCN(CCO)CC4)ccc3OCC)nc12. The van der Waals surface area contributed by atoms with Crippen molar-refractivity contribution in [2.45, 2.75) is 26.7 Å². The van der Waals surface area contributed by atoms with Crippen LogP contribution in [0.3, 0.4) is 0 Å². The summed E-state index contributed by atoms with van der Waals surface area (Å²) in [6.45, 7) is 9.06. The van der Waals surface area contributed by atoms with E-state index < -0.39 is 0 Å². The van der Waals surface area contributed by atoms with Crippen LogP contribution in [-0.4, -0.2) is 92.9 Å². The standard InChI is InChI=1S/C25H34N6O3S/c1-4-6-19-22-23(29(3)28-19)25(35)27-24(26-22)18-15-17(7-8-21(18)34-5-2)20(33)16-31-11-9-30(10-12-31)13-14-32/h7-8,15,32H,4-6,9-14,16H2,1-3H3,(H,26,27,35). The molecule has 4 rings (SSSR count). The molecule has 1 aliphatic heterocycles. The van der Waals surface area contributed by atoms with Crippen LogP contribution in [0.25, 0.3) is 22.4 Å². The lowest BCUT2D eigenvalue weighted by Crippen LogP contribution is -2.48. The van der Waals surface area contributed by atoms with Crippen LogP contribution < -0.4 is 4.74 Å². The number of fused-ring (bicyclic) bond motifs is 1. The number of ketones is 1. The monoisotopic (exact) mass is 498 g/mol. The van der Waals surface area contributed by atoms with E-state index in [0.717, 1.165) is 55.7 Å². The molecule has 0 spiro atoms. The van der Waals surface area contributed by atoms with Crippen molar-refractivity contribution in [1.29, 1.82) is 0 Å². The van der Waals surface area contributed by atoms with Gasteiger partial charge in [-0.1, -0.05) is 25.6 Å². The summed E-state index contributed by atoms with van der Waals surface area (Å²) in [5, 5.41) is 13.8. The molecular weight excluding hydrogens is 464 g/mol. The van der Waals surface area contributed by atoms with Gasteiger partial charge in [-0.15, -0.1) is 0 Å². The lowest BCUT2D eigenvalue weighted by Gasteiger charge is -2.33. The van der Waals surface area contributed by atoms with Crippen molar-refractivity contribution < 1.29 is 14.6 Å². The molecule has 9 nitrogen and oxygen atoms in total. The van der Waals surface area contributed by atoms with Crippen LogP contribution >= 0.6 is 12.2 Å². The molecule has 0 unspecified atom stereocenters. The van der Waals surface area contributed by atoms with E-state index in [0.29, 0.717) is 47.0 Å². The first kappa shape index (κ1) is 25.4. The Morgan fingerprint density at radius 3 is 2.63 bits per heavy atom. The number of aliphatic hydroxyl groups is 1. The van der Waals surface area contributed by atoms with E-state index in [2.05, 4.69) is 26.8 Å². The minimum Gasteiger partial charge on any atom is -0.493 e. The van der Waals surface area contributed by atoms with Crippen molar-refractivity contribution >= 4 is 29.0 Å². The Labute approximate surface area is 210 Å². The van der Waals surface area contributed by atoms with Crippen LogP contribution in [0.1, 0.15) is 36.3 Å². The molecule has 0 aliphatic carbocycles. The van der Waals surface area contributed by atoms with Crippen molar-refractivity contribution in [2.24, 2.45) is 7.05 Å². The van der Waals surface area contributed by atoms with E-state index in [1.165, 1.54) is 0 Å². The fraction of sp³-hybridized carbons (Fsp3) is 0.520. The summed E-state index contributed by atoms with van der Waals surface area (Å²) < 4.78 is 8.22. The molecule has 0 atom stereocenters. The minimum atomic E-state index is 0.0534. The second-order valence-electron chi connectivity index (χ2n) is 8.84. The lowest BCUT2D eigenvalue weighted by molar-refractivity contribution is 0.0822. The number of aryl methyl sites for hydroxylation is 2. The van der Waals surface area contributed by atoms with Gasteiger partial charge in [0.2, 0.25) is 0 Å². The zero-order chi connectivity index (χ0) is 24.9. The van der Waals surface area contributed by atoms with Gasteiger partial charge in [0.1, 0.15) is 27.2 Å². The molecule has 1 aromatic carbocycles. The number of H-pyrrole nitrogens is 1. The molecule has 0 amide bonds. The predicted molar refractivity (Wildman–Crippen MR) is 139 cm³/mol. The second kappa shape index (κ2) is 11.4. The number of Topliss-reactive ketones (excluding diaryl/α,β-unsaturated/α-hetero) is 1. The fourth-order valence-electron chi connectivity index (χ4n) is 4.56. The average molecular weight is 499 g/mol. The number of ether oxygens (including phenoxy) is 1. The number of carbonyl (C=O) groups excluding carboxylic acids is 1. The van der Waals surface area contributed by atoms with Crippen LogP contribution in [0.15, 0.2) is 18.2 Å². The number of hydrogen-bond donors (Lipinski definition) is 2. The molecule has 0 saturated carbocycles. The van der Waals surface area contributed by atoms with Crippen molar-refractivity contribution in [3.63, 3.8) is 0 Å². The highest BCUT2D eigenvalue weighted by Gasteiger charge is 2.21. The Kier molecular flexibility index (Phi) is 8.27. The molecular formula is C25H34N6O3S. The van der Waals surface area contributed by atoms with E-state index in [4.69, 9.17) is 27.0 Å². The number of aliphatic hydroxyl groups excluding tert-OH is 1. The predicted octanol–water partition coefficient (Wildman–Crippen LogP) is 2.84. The number of piperazine rings is 1. The zero-order valence-electron chi connectivity index (χ0n) is 20.7. The van der Waals surface area contributed by atoms with Crippen LogP contribution in [-0.2, 0) is 13.5 Å². The number of hydrogen-bond acceptors (Lipinski definition) is 8. The van der Waals surface area contributed by atoms with Crippen molar-refractivity contribution in [3.8, 4) is 17.1 Å². The molecule has 35 heavy (non-hydrogen) atoms. The van der Waals surface area contributed by atoms with E-state index >= 15 is 0 Å². The minimum absolute atomic E-state index is 0.0534. The third-order valence-corrected chi connectivity index (χ3v) is 6.65. The maximum absolute atomic E-state index is 13.2. The summed E-state index contributed by atoms with van der Waals surface area (Å²) >= 11 is 5.66. The molecule has 188 valence electrons. The van der Waals surface area contributed by atoms with Gasteiger partial charge in [0.25, 0.3) is 0 Å². The largest absolute Gasteiger partial charge is 0.493 e. The Hall–Kier alpha value is -2.66. The molecule has 0 radical (unpaired) electrons. The van der Waals surface area contributed by atoms with Crippen molar-refractivity contribution in [1.82, 2.24) is 29.5 Å². The zero-order valence-corrected chi connectivity index (χ0v) is 21.5. The molecule has 3 heterocycles. The first-order chi connectivity index (χ1) is 16.9. The fourth-order valence-corrected chi connectivity index (χ4v) is 4.88. The topological polar surface area (TPSA) is 99.5 Å². The van der Waals surface area contributed by atoms with Gasteiger partial charge in [0, 0.05) is 45.3 Å². The summed E-state index contributed by atoms with van der Waals surface area (Å²) in [4.78, 5) is 25.7. The molecule has 2 N–H and O–H groups in total. The van der Waals surface area contributed by atoms with Gasteiger partial charge in [0.05, 0.1) is 31.0 Å². The quantitative estimate of drug-likeness (QED) is 0.325. The Morgan fingerprint density at radius 2 is 1.94 bits per heavy atom. The van der Waals surface area contributed by atoms with Gasteiger partial charge in [-0.2, -0.15) is 5.10 Å². The normalized spacial score (nSPS) is 15.1. The van der Waals surface area contributed by atoms with E-state index in [-0.39, 0.29) is 12.4 Å². The molecule has 3 aromatic rings. The van der Waals surface area contributed by atoms with Crippen molar-refractivity contribution in [3.05, 3.63) is 34.1 Å². The van der Waals surface area contributed by atoms with Gasteiger partial charge < -0.3 is 14.8 Å². The van der Waals surface area contributed by atoms with Crippen LogP contribution in [0.2, 0.25) is 0 Å². The first-order valence-electron chi connectivity index (χ1n) is 12.3. The number of nitrogens with zero attached hydrogens (tertiary/aromatic N) is 5. The smallest absolute Gasteiger partial charge is 0.176 e. The summed E-state index contributed by atoms with van der Waals surface area (Å²) in [6.07, 6.45) is 1.77. The maximum atomic E-state index is 13.2. The highest BCUT2D eigenvalue weighted by molar-refractivity contribution is 7.71. The van der Waals surface area contributed by atoms with Crippen molar-refractivity contribution in [2.75, 3.05) is 52.5 Å². The average Bonchev–Trinajstić information content (AvgIpc) is 3.16. The maximum Gasteiger partial charge on any atom is 0.176 e. The Balaban J connectivity index is 1.65. The number of β-amino-alcohol motifs (C(OH)–C–C–N with tert-alkyl or cyclic N) is 1. The molecule has 0 bridgehead atoms. The van der Waals surface area contributed by atoms with E-state index in [1.54, 1.807) is 4.68 Å². The van der Waals surface area contributed by atoms with Gasteiger partial charge >= 0.3 is 0 Å². The molecule has 1 fully saturated rings. The highest BCUT2D eigenvalue weighted by Crippen LogP contribution is 2.31. The molecule has 10 heteroatoms. The third kappa shape index (κ3) is 5.61. The summed E-state index contributed by atoms with van der Waals surface area (Å²) in [7, 11) is 1.88. The van der Waals surface area contributed by atoms with Gasteiger partial charge in [0.15, 0.2) is 5.78 Å². The second-order valence-corrected chi connectivity index (χ2v) is 9.25. The number of rotatable bonds is 10.